The van der Waals surface area contributed by atoms with Crippen molar-refractivity contribution in [2.24, 2.45) is 0 Å². The molecule has 1 aromatic carbocycles. The molecule has 0 fully saturated rings. The zero-order valence-corrected chi connectivity index (χ0v) is 9.12. The molecule has 0 unspecified atom stereocenters. The largest absolute Gasteiger partial charge is 0.279 e. The Morgan fingerprint density at radius 2 is 1.93 bits per heavy atom. The first kappa shape index (κ1) is 11.5. The minimum absolute atomic E-state index is 0.0768. The van der Waals surface area contributed by atoms with Gasteiger partial charge in [0.1, 0.15) is 0 Å². The van der Waals surface area contributed by atoms with Crippen molar-refractivity contribution in [3.8, 4) is 11.8 Å². The monoisotopic (exact) mass is 200 g/mol. The van der Waals surface area contributed by atoms with E-state index in [-0.39, 0.29) is 5.78 Å². The lowest BCUT2D eigenvalue weighted by atomic mass is 10.1. The van der Waals surface area contributed by atoms with Crippen LogP contribution < -0.4 is 0 Å². The molecule has 0 atom stereocenters. The van der Waals surface area contributed by atoms with Gasteiger partial charge >= 0.3 is 0 Å². The molecule has 0 aliphatic carbocycles. The van der Waals surface area contributed by atoms with Crippen LogP contribution in [-0.4, -0.2) is 5.78 Å². The molecule has 0 N–H and O–H groups in total. The van der Waals surface area contributed by atoms with E-state index >= 15 is 0 Å². The van der Waals surface area contributed by atoms with Gasteiger partial charge in [-0.25, -0.2) is 0 Å². The molecule has 0 amide bonds. The van der Waals surface area contributed by atoms with E-state index in [4.69, 9.17) is 0 Å². The number of ketones is 1. The van der Waals surface area contributed by atoms with E-state index in [1.807, 2.05) is 18.2 Å². The average Bonchev–Trinajstić information content (AvgIpc) is 2.30. The highest BCUT2D eigenvalue weighted by atomic mass is 16.1. The Morgan fingerprint density at radius 1 is 1.20 bits per heavy atom. The molecule has 1 heteroatoms. The first-order valence-electron chi connectivity index (χ1n) is 5.43. The highest BCUT2D eigenvalue weighted by Crippen LogP contribution is 2.00. The van der Waals surface area contributed by atoms with Gasteiger partial charge in [-0.1, -0.05) is 56.0 Å². The van der Waals surface area contributed by atoms with E-state index in [0.29, 0.717) is 5.56 Å². The molecule has 0 saturated heterocycles. The van der Waals surface area contributed by atoms with Crippen molar-refractivity contribution in [3.05, 3.63) is 35.9 Å². The van der Waals surface area contributed by atoms with Crippen LogP contribution in [-0.2, 0) is 0 Å². The SMILES string of the molecule is CCCCCC#CC(=O)c1ccccc1. The summed E-state index contributed by atoms with van der Waals surface area (Å²) < 4.78 is 0. The van der Waals surface area contributed by atoms with Gasteiger partial charge in [0.15, 0.2) is 0 Å². The van der Waals surface area contributed by atoms with Crippen molar-refractivity contribution >= 4 is 5.78 Å². The van der Waals surface area contributed by atoms with E-state index < -0.39 is 0 Å². The average molecular weight is 200 g/mol. The summed E-state index contributed by atoms with van der Waals surface area (Å²) in [6, 6.07) is 9.19. The van der Waals surface area contributed by atoms with Gasteiger partial charge in [-0.2, -0.15) is 0 Å². The maximum absolute atomic E-state index is 11.5. The Balaban J connectivity index is 2.42. The first-order chi connectivity index (χ1) is 7.34. The molecule has 1 aromatic rings. The molecule has 0 heterocycles. The lowest BCUT2D eigenvalue weighted by molar-refractivity contribution is 0.105. The van der Waals surface area contributed by atoms with Gasteiger partial charge in [-0.3, -0.25) is 4.79 Å². The normalized spacial score (nSPS) is 9.13. The molecule has 0 aliphatic heterocycles. The molecule has 0 spiro atoms. The van der Waals surface area contributed by atoms with E-state index in [0.717, 1.165) is 12.8 Å². The van der Waals surface area contributed by atoms with Crippen molar-refractivity contribution in [1.82, 2.24) is 0 Å². The second-order valence-electron chi connectivity index (χ2n) is 3.45. The van der Waals surface area contributed by atoms with Gasteiger partial charge in [-0.15, -0.1) is 0 Å². The van der Waals surface area contributed by atoms with Crippen molar-refractivity contribution in [3.63, 3.8) is 0 Å². The Bertz CT molecular complexity index is 354. The molecule has 1 rings (SSSR count). The van der Waals surface area contributed by atoms with Gasteiger partial charge < -0.3 is 0 Å². The van der Waals surface area contributed by atoms with Gasteiger partial charge in [-0.05, 0) is 12.3 Å². The van der Waals surface area contributed by atoms with Crippen molar-refractivity contribution in [2.75, 3.05) is 0 Å². The van der Waals surface area contributed by atoms with Crippen LogP contribution in [0.15, 0.2) is 30.3 Å². The maximum atomic E-state index is 11.5. The molecule has 0 bridgehead atoms. The number of hydrogen-bond acceptors (Lipinski definition) is 1. The molecule has 0 radical (unpaired) electrons. The zero-order chi connectivity index (χ0) is 10.9. The summed E-state index contributed by atoms with van der Waals surface area (Å²) in [6.45, 7) is 2.16. The van der Waals surface area contributed by atoms with E-state index in [1.165, 1.54) is 12.8 Å². The Labute approximate surface area is 91.5 Å². The molecular weight excluding hydrogens is 184 g/mol. The smallest absolute Gasteiger partial charge is 0.235 e. The quantitative estimate of drug-likeness (QED) is 0.315. The fraction of sp³-hybridized carbons (Fsp3) is 0.357. The Morgan fingerprint density at radius 3 is 2.60 bits per heavy atom. The van der Waals surface area contributed by atoms with E-state index in [1.54, 1.807) is 12.1 Å². The summed E-state index contributed by atoms with van der Waals surface area (Å²) in [6.07, 6.45) is 4.29. The second-order valence-corrected chi connectivity index (χ2v) is 3.45. The minimum atomic E-state index is -0.0768. The third-order valence-corrected chi connectivity index (χ3v) is 2.14. The molecule has 1 nitrogen and oxygen atoms in total. The highest BCUT2D eigenvalue weighted by Gasteiger charge is 1.98. The van der Waals surface area contributed by atoms with Crippen LogP contribution in [0.25, 0.3) is 0 Å². The van der Waals surface area contributed by atoms with E-state index in [2.05, 4.69) is 18.8 Å². The van der Waals surface area contributed by atoms with E-state index in [9.17, 15) is 4.79 Å². The van der Waals surface area contributed by atoms with Crippen molar-refractivity contribution < 1.29 is 4.79 Å². The number of benzene rings is 1. The minimum Gasteiger partial charge on any atom is -0.279 e. The van der Waals surface area contributed by atoms with Gasteiger partial charge in [0.2, 0.25) is 5.78 Å². The molecular formula is C14H16O. The predicted molar refractivity (Wildman–Crippen MR) is 62.7 cm³/mol. The lowest BCUT2D eigenvalue weighted by Crippen LogP contribution is -1.93. The van der Waals surface area contributed by atoms with Crippen LogP contribution in [0.3, 0.4) is 0 Å². The van der Waals surface area contributed by atoms with Gasteiger partial charge in [0.05, 0.1) is 0 Å². The first-order valence-corrected chi connectivity index (χ1v) is 5.43. The summed E-state index contributed by atoms with van der Waals surface area (Å²) >= 11 is 0. The second kappa shape index (κ2) is 6.84. The topological polar surface area (TPSA) is 17.1 Å². The zero-order valence-electron chi connectivity index (χ0n) is 9.12. The number of hydrogen-bond donors (Lipinski definition) is 0. The van der Waals surface area contributed by atoms with Crippen LogP contribution in [0, 0.1) is 11.8 Å². The Kier molecular flexibility index (Phi) is 5.25. The molecule has 78 valence electrons. The molecule has 0 aliphatic rings. The summed E-state index contributed by atoms with van der Waals surface area (Å²) in [5.41, 5.74) is 0.681. The maximum Gasteiger partial charge on any atom is 0.235 e. The molecule has 15 heavy (non-hydrogen) atoms. The number of Topliss-reactive ketones (excluding diaryl/α,β-unsaturated/α-hetero) is 1. The predicted octanol–water partition coefficient (Wildman–Crippen LogP) is 3.45. The van der Waals surface area contributed by atoms with Gasteiger partial charge in [0.25, 0.3) is 0 Å². The lowest BCUT2D eigenvalue weighted by Gasteiger charge is -1.91. The summed E-state index contributed by atoms with van der Waals surface area (Å²) in [7, 11) is 0. The fourth-order valence-electron chi connectivity index (χ4n) is 1.27. The third kappa shape index (κ3) is 4.46. The number of carbonyl (C=O) groups excluding carboxylic acids is 1. The van der Waals surface area contributed by atoms with Crippen molar-refractivity contribution in [1.29, 1.82) is 0 Å². The van der Waals surface area contributed by atoms with Crippen LogP contribution in [0.2, 0.25) is 0 Å². The number of carbonyl (C=O) groups is 1. The summed E-state index contributed by atoms with van der Waals surface area (Å²) in [5, 5.41) is 0. The number of rotatable bonds is 4. The standard InChI is InChI=1S/C14H16O/c1-2-3-4-5-9-12-14(15)13-10-7-6-8-11-13/h6-8,10-11H,2-5H2,1H3. The molecule has 0 aromatic heterocycles. The summed E-state index contributed by atoms with van der Waals surface area (Å²) in [4.78, 5) is 11.5. The fourth-order valence-corrected chi connectivity index (χ4v) is 1.27. The highest BCUT2D eigenvalue weighted by molar-refractivity contribution is 6.08. The van der Waals surface area contributed by atoms with Gasteiger partial charge in [0, 0.05) is 12.0 Å². The molecule has 0 saturated carbocycles. The van der Waals surface area contributed by atoms with Crippen LogP contribution in [0.4, 0.5) is 0 Å². The number of unbranched alkanes of at least 4 members (excludes halogenated alkanes) is 3. The van der Waals surface area contributed by atoms with Crippen molar-refractivity contribution in [2.45, 2.75) is 32.6 Å². The summed E-state index contributed by atoms with van der Waals surface area (Å²) in [5.74, 6) is 5.51. The van der Waals surface area contributed by atoms with Crippen LogP contribution in [0.1, 0.15) is 43.0 Å². The van der Waals surface area contributed by atoms with Crippen LogP contribution in [0.5, 0.6) is 0 Å². The Hall–Kier alpha value is -1.55. The van der Waals surface area contributed by atoms with Crippen LogP contribution >= 0.6 is 0 Å². The third-order valence-electron chi connectivity index (χ3n) is 2.14.